The minimum absolute atomic E-state index is 0. The quantitative estimate of drug-likeness (QED) is 0.151. The summed E-state index contributed by atoms with van der Waals surface area (Å²) in [7, 11) is 0. The Bertz CT molecular complexity index is 1990. The zero-order valence-electron chi connectivity index (χ0n) is 33.6. The molecule has 0 radical (unpaired) electrons. The number of halogens is 2. The molecule has 54 heavy (non-hydrogen) atoms. The van der Waals surface area contributed by atoms with Gasteiger partial charge in [0.15, 0.2) is 0 Å². The molecule has 3 heteroatoms. The molecule has 4 aromatic carbocycles. The molecule has 0 bridgehead atoms. The molecule has 0 heterocycles. The van der Waals surface area contributed by atoms with Crippen LogP contribution in [-0.4, -0.2) is 3.21 Å². The Morgan fingerprint density at radius 1 is 0.593 bits per heavy atom. The third-order valence-corrected chi connectivity index (χ3v) is 21.0. The van der Waals surface area contributed by atoms with E-state index in [-0.39, 0.29) is 35.6 Å². The van der Waals surface area contributed by atoms with Crippen LogP contribution in [0.4, 0.5) is 0 Å². The van der Waals surface area contributed by atoms with Crippen molar-refractivity contribution in [2.24, 2.45) is 11.8 Å². The summed E-state index contributed by atoms with van der Waals surface area (Å²) in [6, 6.07) is 30.7. The van der Waals surface area contributed by atoms with Gasteiger partial charge in [0.05, 0.1) is 0 Å². The molecular weight excluding hydrogens is 775 g/mol. The van der Waals surface area contributed by atoms with Crippen molar-refractivity contribution in [3.63, 3.8) is 0 Å². The van der Waals surface area contributed by atoms with Gasteiger partial charge >= 0.3 is 325 Å². The van der Waals surface area contributed by atoms with Crippen molar-refractivity contribution in [3.05, 3.63) is 125 Å². The van der Waals surface area contributed by atoms with Crippen LogP contribution >= 0.6 is 0 Å². The third kappa shape index (κ3) is 8.36. The average molecular weight is 835 g/mol. The Morgan fingerprint density at radius 2 is 1.09 bits per heavy atom. The van der Waals surface area contributed by atoms with Crippen LogP contribution in [0.25, 0.3) is 33.4 Å². The molecule has 0 nitrogen and oxygen atoms in total. The molecule has 4 aliphatic carbocycles. The zero-order valence-corrected chi connectivity index (χ0v) is 37.6. The summed E-state index contributed by atoms with van der Waals surface area (Å²) < 4.78 is 4.50. The number of fused-ring (bicyclic) bond motifs is 3. The molecule has 0 saturated heterocycles. The first-order valence-corrected chi connectivity index (χ1v) is 24.5. The molecule has 0 spiro atoms. The summed E-state index contributed by atoms with van der Waals surface area (Å²) in [4.78, 5) is 0. The first-order chi connectivity index (χ1) is 25.1. The van der Waals surface area contributed by atoms with Crippen molar-refractivity contribution in [2.45, 2.75) is 127 Å². The molecule has 4 aromatic rings. The molecule has 0 unspecified atom stereocenters. The second-order valence-electron chi connectivity index (χ2n) is 18.7. The van der Waals surface area contributed by atoms with Gasteiger partial charge in [-0.3, -0.25) is 0 Å². The standard InChI is InChI=1S/C33H33.C13H22.C5H5.2ClH.Zr/c1-32(2,3)30-20-26-24(18-28(30)22-13-9-7-10-14-22)17-25-19-29(23-15-11-8-12-16-23)31(21-27(25)26)33(4,5)6;1-2-7-12(6-1)10-5-11-13-8-3-4-9-13;1-2-4-5-3-1;;;/h7-16,18,20-21H,17H2,1-6H3;12-13H,1-4,6-11H2;1-5H;2*1H;/q;;;;;+2/p-2. The van der Waals surface area contributed by atoms with Crippen molar-refractivity contribution in [1.29, 1.82) is 0 Å². The van der Waals surface area contributed by atoms with Crippen LogP contribution in [0.5, 0.6) is 0 Å². The largest absolute Gasteiger partial charge is 1.00 e. The first kappa shape index (κ1) is 41.3. The first-order valence-electron chi connectivity index (χ1n) is 20.6. The van der Waals surface area contributed by atoms with E-state index in [9.17, 15) is 0 Å². The van der Waals surface area contributed by atoms with E-state index in [1.807, 2.05) is 3.27 Å². The van der Waals surface area contributed by atoms with Gasteiger partial charge in [-0.05, 0) is 0 Å². The topological polar surface area (TPSA) is 0 Å². The minimum Gasteiger partial charge on any atom is -1.00 e. The fraction of sp³-hybridized carbons (Fsp3) is 0.431. The number of hydrogen-bond acceptors (Lipinski definition) is 0. The van der Waals surface area contributed by atoms with E-state index >= 15 is 0 Å². The molecular formula is C51H60Cl2Zr. The number of benzene rings is 4. The van der Waals surface area contributed by atoms with Crippen LogP contribution in [0, 0.1) is 11.8 Å². The Balaban J connectivity index is 0.00000249. The maximum Gasteiger partial charge on any atom is -1.00 e. The number of hydrogen-bond donors (Lipinski definition) is 0. The molecule has 4 aliphatic rings. The SMILES string of the molecule is CC(C)(C)c1cc2c(cc1-c1ccccc1)Cc1c-2cc(C(C)(C)C)c(-c2ccccc2)[c]1[Zr+2](=[C](CC1CCCC1)CC1CCCC1)[CH]1C=CC=C1.[Cl-].[Cl-]. The monoisotopic (exact) mass is 832 g/mol. The summed E-state index contributed by atoms with van der Waals surface area (Å²) in [6.45, 7) is 14.6. The van der Waals surface area contributed by atoms with Gasteiger partial charge in [0.25, 0.3) is 0 Å². The normalized spacial score (nSPS) is 16.8. The van der Waals surface area contributed by atoms with E-state index in [1.54, 1.807) is 22.3 Å². The average Bonchev–Trinajstić information content (AvgIpc) is 3.96. The Hall–Kier alpha value is -2.31. The molecule has 0 amide bonds. The van der Waals surface area contributed by atoms with Crippen molar-refractivity contribution < 1.29 is 46.1 Å². The minimum atomic E-state index is -2.61. The van der Waals surface area contributed by atoms with Crippen molar-refractivity contribution in [1.82, 2.24) is 0 Å². The van der Waals surface area contributed by atoms with E-state index in [0.29, 0.717) is 3.63 Å². The Morgan fingerprint density at radius 3 is 1.61 bits per heavy atom. The maximum absolute atomic E-state index is 2.68. The van der Waals surface area contributed by atoms with Crippen LogP contribution in [0.1, 0.15) is 128 Å². The summed E-state index contributed by atoms with van der Waals surface area (Å²) in [5, 5.41) is 0. The molecule has 0 aromatic heterocycles. The van der Waals surface area contributed by atoms with Crippen LogP contribution < -0.4 is 28.1 Å². The predicted molar refractivity (Wildman–Crippen MR) is 223 cm³/mol. The van der Waals surface area contributed by atoms with E-state index < -0.39 is 21.3 Å². The maximum atomic E-state index is 2.68. The predicted octanol–water partition coefficient (Wildman–Crippen LogP) is 7.69. The van der Waals surface area contributed by atoms with Gasteiger partial charge in [-0.15, -0.1) is 0 Å². The van der Waals surface area contributed by atoms with Gasteiger partial charge in [0, 0.05) is 0 Å². The molecule has 8 rings (SSSR count). The van der Waals surface area contributed by atoms with E-state index in [1.165, 1.54) is 97.6 Å². The fourth-order valence-corrected chi connectivity index (χ4v) is 19.8. The van der Waals surface area contributed by atoms with Gasteiger partial charge < -0.3 is 24.8 Å². The fourth-order valence-electron chi connectivity index (χ4n) is 10.3. The van der Waals surface area contributed by atoms with Crippen molar-refractivity contribution in [2.75, 3.05) is 0 Å². The van der Waals surface area contributed by atoms with Gasteiger partial charge in [-0.1, -0.05) is 0 Å². The third-order valence-electron chi connectivity index (χ3n) is 12.9. The Kier molecular flexibility index (Phi) is 13.0. The second-order valence-corrected chi connectivity index (χ2v) is 25.3. The van der Waals surface area contributed by atoms with Crippen LogP contribution in [-0.2, 0) is 38.5 Å². The molecule has 0 atom stereocenters. The molecule has 2 fully saturated rings. The summed E-state index contributed by atoms with van der Waals surface area (Å²) in [5.41, 5.74) is 15.1. The zero-order chi connectivity index (χ0) is 36.0. The summed E-state index contributed by atoms with van der Waals surface area (Å²) in [6.07, 6.45) is 25.4. The molecule has 0 aliphatic heterocycles. The van der Waals surface area contributed by atoms with Gasteiger partial charge in [-0.2, -0.15) is 0 Å². The van der Waals surface area contributed by atoms with Gasteiger partial charge in [0.1, 0.15) is 0 Å². The van der Waals surface area contributed by atoms with Gasteiger partial charge in [-0.25, -0.2) is 0 Å². The molecule has 282 valence electrons. The Labute approximate surface area is 347 Å². The smallest absolute Gasteiger partial charge is 1.00 e. The van der Waals surface area contributed by atoms with E-state index in [4.69, 9.17) is 0 Å². The van der Waals surface area contributed by atoms with Crippen molar-refractivity contribution >= 4 is 6.48 Å². The van der Waals surface area contributed by atoms with Gasteiger partial charge in [0.2, 0.25) is 0 Å². The summed E-state index contributed by atoms with van der Waals surface area (Å²) in [5.74, 6) is 1.78. The van der Waals surface area contributed by atoms with E-state index in [2.05, 4.69) is 148 Å². The number of allylic oxidation sites excluding steroid dienone is 4. The van der Waals surface area contributed by atoms with Crippen molar-refractivity contribution in [3.8, 4) is 33.4 Å². The summed E-state index contributed by atoms with van der Waals surface area (Å²) >= 11 is -2.61. The van der Waals surface area contributed by atoms with Crippen LogP contribution in [0.3, 0.4) is 0 Å². The molecule has 0 N–H and O–H groups in total. The van der Waals surface area contributed by atoms with E-state index in [0.717, 1.165) is 18.3 Å². The second kappa shape index (κ2) is 17.0. The van der Waals surface area contributed by atoms with Crippen LogP contribution in [0.15, 0.2) is 103 Å². The van der Waals surface area contributed by atoms with Crippen LogP contribution in [0.2, 0.25) is 3.63 Å². The number of rotatable bonds is 8. The molecule has 2 saturated carbocycles.